The molecular weight excluding hydrogens is 216 g/mol. The van der Waals surface area contributed by atoms with Gasteiger partial charge in [0.2, 0.25) is 0 Å². The van der Waals surface area contributed by atoms with Gasteiger partial charge in [-0.15, -0.1) is 11.8 Å². The van der Waals surface area contributed by atoms with Gasteiger partial charge in [0.15, 0.2) is 0 Å². The molecule has 2 aliphatic heterocycles. The molecule has 3 rings (SSSR count). The first-order chi connectivity index (χ1) is 7.59. The molecule has 1 fully saturated rings. The van der Waals surface area contributed by atoms with Crippen LogP contribution in [0.2, 0.25) is 0 Å². The van der Waals surface area contributed by atoms with E-state index in [-0.39, 0.29) is 11.2 Å². The Morgan fingerprint density at radius 3 is 2.75 bits per heavy atom. The number of benzene rings is 1. The lowest BCUT2D eigenvalue weighted by Crippen LogP contribution is -2.39. The van der Waals surface area contributed by atoms with Gasteiger partial charge in [-0.1, -0.05) is 18.2 Å². The highest BCUT2D eigenvalue weighted by Crippen LogP contribution is 2.46. The minimum absolute atomic E-state index is 0.0762. The van der Waals surface area contributed by atoms with Crippen LogP contribution in [0.5, 0.6) is 0 Å². The van der Waals surface area contributed by atoms with Gasteiger partial charge in [-0.2, -0.15) is 0 Å². The number of fused-ring (bicyclic) bond motifs is 1. The summed E-state index contributed by atoms with van der Waals surface area (Å²) in [6, 6.07) is 8.74. The Morgan fingerprint density at radius 1 is 1.19 bits per heavy atom. The molecule has 2 aliphatic rings. The molecule has 0 bridgehead atoms. The van der Waals surface area contributed by atoms with Crippen molar-refractivity contribution in [1.82, 2.24) is 0 Å². The largest absolute Gasteiger partial charge is 0.368 e. The van der Waals surface area contributed by atoms with Gasteiger partial charge in [0.1, 0.15) is 0 Å². The van der Waals surface area contributed by atoms with E-state index in [2.05, 4.69) is 38.1 Å². The molecule has 0 saturated carbocycles. The molecule has 1 aromatic rings. The van der Waals surface area contributed by atoms with Crippen LogP contribution in [-0.2, 0) is 11.2 Å². The van der Waals surface area contributed by atoms with E-state index in [1.165, 1.54) is 23.3 Å². The number of rotatable bonds is 0. The van der Waals surface area contributed by atoms with Crippen LogP contribution < -0.4 is 0 Å². The normalized spacial score (nSPS) is 31.6. The predicted octanol–water partition coefficient (Wildman–Crippen LogP) is 3.66. The molecule has 2 heterocycles. The third-order valence-electron chi connectivity index (χ3n) is 3.65. The molecule has 1 aromatic carbocycles. The third-order valence-corrected chi connectivity index (χ3v) is 5.03. The Kier molecular flexibility index (Phi) is 2.34. The summed E-state index contributed by atoms with van der Waals surface area (Å²) in [5.41, 5.74) is 1.66. The maximum Gasteiger partial charge on any atom is 0.0824 e. The van der Waals surface area contributed by atoms with Crippen LogP contribution >= 0.6 is 11.8 Å². The Morgan fingerprint density at radius 2 is 2.00 bits per heavy atom. The second-order valence-corrected chi connectivity index (χ2v) is 6.64. The van der Waals surface area contributed by atoms with E-state index in [9.17, 15) is 0 Å². The third kappa shape index (κ3) is 1.78. The van der Waals surface area contributed by atoms with E-state index < -0.39 is 0 Å². The SMILES string of the molecule is CC1(C)CC[C@]2(CSc3ccccc3C2)O1. The molecule has 16 heavy (non-hydrogen) atoms. The van der Waals surface area contributed by atoms with Crippen molar-refractivity contribution in [3.63, 3.8) is 0 Å². The smallest absolute Gasteiger partial charge is 0.0824 e. The molecule has 86 valence electrons. The average molecular weight is 234 g/mol. The van der Waals surface area contributed by atoms with Crippen molar-refractivity contribution < 1.29 is 4.74 Å². The lowest BCUT2D eigenvalue weighted by molar-refractivity contribution is -0.0726. The predicted molar refractivity (Wildman–Crippen MR) is 68.0 cm³/mol. The maximum absolute atomic E-state index is 6.31. The molecule has 1 nitrogen and oxygen atoms in total. The minimum Gasteiger partial charge on any atom is -0.368 e. The van der Waals surface area contributed by atoms with Gasteiger partial charge in [-0.3, -0.25) is 0 Å². The van der Waals surface area contributed by atoms with Gasteiger partial charge in [0.05, 0.1) is 11.2 Å². The topological polar surface area (TPSA) is 9.23 Å². The first-order valence-corrected chi connectivity index (χ1v) is 6.98. The summed E-state index contributed by atoms with van der Waals surface area (Å²) in [6.45, 7) is 4.43. The summed E-state index contributed by atoms with van der Waals surface area (Å²) in [4.78, 5) is 1.45. The molecule has 0 radical (unpaired) electrons. The lowest BCUT2D eigenvalue weighted by atomic mass is 9.92. The Labute approximate surface area is 102 Å². The van der Waals surface area contributed by atoms with Crippen molar-refractivity contribution in [1.29, 1.82) is 0 Å². The van der Waals surface area contributed by atoms with E-state index in [4.69, 9.17) is 4.74 Å². The van der Waals surface area contributed by atoms with E-state index in [1.807, 2.05) is 11.8 Å². The molecule has 0 unspecified atom stereocenters. The highest BCUT2D eigenvalue weighted by atomic mass is 32.2. The van der Waals surface area contributed by atoms with Crippen molar-refractivity contribution >= 4 is 11.8 Å². The van der Waals surface area contributed by atoms with Crippen LogP contribution in [0.4, 0.5) is 0 Å². The van der Waals surface area contributed by atoms with Crippen molar-refractivity contribution in [2.45, 2.75) is 49.2 Å². The maximum atomic E-state index is 6.31. The first-order valence-electron chi connectivity index (χ1n) is 6.00. The van der Waals surface area contributed by atoms with Crippen LogP contribution in [-0.4, -0.2) is 17.0 Å². The zero-order chi connectivity index (χ0) is 11.2. The second kappa shape index (κ2) is 3.51. The Balaban J connectivity index is 1.88. The quantitative estimate of drug-likeness (QED) is 0.677. The van der Waals surface area contributed by atoms with Crippen LogP contribution in [0, 0.1) is 0 Å². The first kappa shape index (κ1) is 10.7. The molecule has 0 aliphatic carbocycles. The standard InChI is InChI=1S/C14H18OS/c1-13(2)7-8-14(15-13)9-11-5-3-4-6-12(11)16-10-14/h3-6H,7-10H2,1-2H3/t14-/m0/s1. The number of thioether (sulfide) groups is 1. The van der Waals surface area contributed by atoms with E-state index in [0.29, 0.717) is 0 Å². The lowest BCUT2D eigenvalue weighted by Gasteiger charge is -2.35. The summed E-state index contributed by atoms with van der Waals surface area (Å²) in [5, 5.41) is 0. The second-order valence-electron chi connectivity index (χ2n) is 5.62. The van der Waals surface area contributed by atoms with Crippen LogP contribution in [0.15, 0.2) is 29.2 Å². The summed E-state index contributed by atoms with van der Waals surface area (Å²) >= 11 is 1.96. The van der Waals surface area contributed by atoms with Crippen LogP contribution in [0.3, 0.4) is 0 Å². The van der Waals surface area contributed by atoms with Gasteiger partial charge in [0.25, 0.3) is 0 Å². The Bertz CT molecular complexity index is 413. The zero-order valence-corrected chi connectivity index (χ0v) is 10.8. The number of hydrogen-bond acceptors (Lipinski definition) is 2. The molecule has 1 spiro atoms. The van der Waals surface area contributed by atoms with Gasteiger partial charge in [-0.05, 0) is 38.3 Å². The summed E-state index contributed by atoms with van der Waals surface area (Å²) < 4.78 is 6.31. The van der Waals surface area contributed by atoms with Crippen molar-refractivity contribution in [2.24, 2.45) is 0 Å². The van der Waals surface area contributed by atoms with Crippen LogP contribution in [0.25, 0.3) is 0 Å². The molecule has 0 amide bonds. The molecule has 0 N–H and O–H groups in total. The van der Waals surface area contributed by atoms with Crippen molar-refractivity contribution in [2.75, 3.05) is 5.75 Å². The fraction of sp³-hybridized carbons (Fsp3) is 0.571. The van der Waals surface area contributed by atoms with Crippen LogP contribution in [0.1, 0.15) is 32.3 Å². The summed E-state index contributed by atoms with van der Waals surface area (Å²) in [7, 11) is 0. The number of hydrogen-bond donors (Lipinski definition) is 0. The fourth-order valence-corrected chi connectivity index (χ4v) is 4.07. The Hall–Kier alpha value is -0.470. The fourth-order valence-electron chi connectivity index (χ4n) is 2.84. The monoisotopic (exact) mass is 234 g/mol. The van der Waals surface area contributed by atoms with Crippen molar-refractivity contribution in [3.05, 3.63) is 29.8 Å². The molecule has 0 aromatic heterocycles. The molecular formula is C14H18OS. The summed E-state index contributed by atoms with van der Waals surface area (Å²) in [5.74, 6) is 1.12. The molecule has 2 heteroatoms. The van der Waals surface area contributed by atoms with Gasteiger partial charge in [-0.25, -0.2) is 0 Å². The van der Waals surface area contributed by atoms with E-state index in [0.717, 1.165) is 12.2 Å². The van der Waals surface area contributed by atoms with Gasteiger partial charge >= 0.3 is 0 Å². The number of ether oxygens (including phenoxy) is 1. The van der Waals surface area contributed by atoms with E-state index >= 15 is 0 Å². The highest BCUT2D eigenvalue weighted by Gasteiger charge is 2.46. The molecule has 1 saturated heterocycles. The van der Waals surface area contributed by atoms with Crippen molar-refractivity contribution in [3.8, 4) is 0 Å². The average Bonchev–Trinajstić information content (AvgIpc) is 2.54. The zero-order valence-electron chi connectivity index (χ0n) is 9.95. The van der Waals surface area contributed by atoms with E-state index in [1.54, 1.807) is 0 Å². The highest BCUT2D eigenvalue weighted by molar-refractivity contribution is 7.99. The minimum atomic E-state index is 0.0762. The molecule has 1 atom stereocenters. The summed E-state index contributed by atoms with van der Waals surface area (Å²) in [6.07, 6.45) is 3.50. The van der Waals surface area contributed by atoms with Gasteiger partial charge < -0.3 is 4.74 Å². The van der Waals surface area contributed by atoms with Gasteiger partial charge in [0, 0.05) is 17.1 Å².